The summed E-state index contributed by atoms with van der Waals surface area (Å²) in [4.78, 5) is 6.93. The fraction of sp³-hybridized carbons (Fsp3) is 0.435. The summed E-state index contributed by atoms with van der Waals surface area (Å²) in [7, 11) is 3.32. The van der Waals surface area contributed by atoms with Crippen LogP contribution in [0.4, 0.5) is 0 Å². The zero-order chi connectivity index (χ0) is 20.8. The normalized spacial score (nSPS) is 14.4. The average molecular weight is 525 g/mol. The maximum absolute atomic E-state index is 10.5. The Bertz CT molecular complexity index is 856. The van der Waals surface area contributed by atoms with Crippen LogP contribution >= 0.6 is 24.0 Å². The quantitative estimate of drug-likeness (QED) is 0.342. The van der Waals surface area contributed by atoms with Crippen LogP contribution in [-0.4, -0.2) is 49.8 Å². The fourth-order valence-electron chi connectivity index (χ4n) is 3.56. The van der Waals surface area contributed by atoms with Crippen LogP contribution in [-0.2, 0) is 13.0 Å². The number of benzene rings is 2. The first-order valence-corrected chi connectivity index (χ1v) is 10.1. The molecule has 3 rings (SSSR count). The van der Waals surface area contributed by atoms with Gasteiger partial charge in [-0.05, 0) is 49.1 Å². The molecule has 0 saturated carbocycles. The molecule has 0 aromatic heterocycles. The second-order valence-corrected chi connectivity index (χ2v) is 7.27. The standard InChI is InChI=1S/C23H31N3O3.HI/c1-5-24-23(25-14-20(27)17-8-6-16(2)7-9-17)26-11-10-18-12-21(28-3)22(29-4)13-19(18)15-26;/h6-9,12-13,20,27H,5,10-11,14-15H2,1-4H3,(H,24,25);1H. The van der Waals surface area contributed by atoms with Gasteiger partial charge in [-0.25, -0.2) is 0 Å². The van der Waals surface area contributed by atoms with Crippen molar-refractivity contribution in [1.29, 1.82) is 0 Å². The van der Waals surface area contributed by atoms with Gasteiger partial charge >= 0.3 is 0 Å². The highest BCUT2D eigenvalue weighted by Gasteiger charge is 2.22. The molecular weight excluding hydrogens is 493 g/mol. The van der Waals surface area contributed by atoms with Gasteiger partial charge in [-0.3, -0.25) is 4.99 Å². The smallest absolute Gasteiger partial charge is 0.194 e. The third-order valence-corrected chi connectivity index (χ3v) is 5.23. The van der Waals surface area contributed by atoms with Crippen LogP contribution in [0.25, 0.3) is 0 Å². The molecule has 30 heavy (non-hydrogen) atoms. The molecule has 2 aromatic carbocycles. The predicted octanol–water partition coefficient (Wildman–Crippen LogP) is 3.69. The molecule has 1 heterocycles. The van der Waals surface area contributed by atoms with Crippen molar-refractivity contribution in [2.75, 3.05) is 33.9 Å². The van der Waals surface area contributed by atoms with Crippen molar-refractivity contribution in [3.63, 3.8) is 0 Å². The highest BCUT2D eigenvalue weighted by Crippen LogP contribution is 2.33. The van der Waals surface area contributed by atoms with Gasteiger partial charge in [0, 0.05) is 19.6 Å². The Balaban J connectivity index is 0.00000320. The molecule has 0 bridgehead atoms. The van der Waals surface area contributed by atoms with E-state index < -0.39 is 6.10 Å². The first-order chi connectivity index (χ1) is 14.0. The lowest BCUT2D eigenvalue weighted by molar-refractivity contribution is 0.186. The number of aliphatic imine (C=N–C) groups is 1. The first-order valence-electron chi connectivity index (χ1n) is 10.1. The molecule has 1 unspecified atom stereocenters. The lowest BCUT2D eigenvalue weighted by atomic mass is 9.99. The molecule has 164 valence electrons. The number of ether oxygens (including phenoxy) is 2. The number of hydrogen-bond acceptors (Lipinski definition) is 4. The molecule has 0 aliphatic carbocycles. The summed E-state index contributed by atoms with van der Waals surface area (Å²) in [6, 6.07) is 12.0. The number of guanidine groups is 1. The molecule has 0 saturated heterocycles. The molecule has 0 amide bonds. The molecule has 6 nitrogen and oxygen atoms in total. The van der Waals surface area contributed by atoms with Gasteiger partial charge in [0.25, 0.3) is 0 Å². The second-order valence-electron chi connectivity index (χ2n) is 7.27. The number of hydrogen-bond donors (Lipinski definition) is 2. The number of nitrogens with zero attached hydrogens (tertiary/aromatic N) is 2. The minimum Gasteiger partial charge on any atom is -0.493 e. The SMILES string of the molecule is CCNC(=NCC(O)c1ccc(C)cc1)N1CCc2cc(OC)c(OC)cc2C1.I. The highest BCUT2D eigenvalue weighted by molar-refractivity contribution is 14.0. The lowest BCUT2D eigenvalue weighted by Gasteiger charge is -2.32. The van der Waals surface area contributed by atoms with Gasteiger partial charge in [-0.2, -0.15) is 0 Å². The van der Waals surface area contributed by atoms with E-state index in [0.29, 0.717) is 6.54 Å². The number of halogens is 1. The fourth-order valence-corrected chi connectivity index (χ4v) is 3.56. The van der Waals surface area contributed by atoms with E-state index in [0.717, 1.165) is 49.1 Å². The lowest BCUT2D eigenvalue weighted by Crippen LogP contribution is -2.44. The van der Waals surface area contributed by atoms with Crippen LogP contribution in [0, 0.1) is 6.92 Å². The van der Waals surface area contributed by atoms with E-state index in [1.54, 1.807) is 14.2 Å². The largest absolute Gasteiger partial charge is 0.493 e. The molecule has 0 spiro atoms. The van der Waals surface area contributed by atoms with Gasteiger partial charge in [0.2, 0.25) is 0 Å². The number of methoxy groups -OCH3 is 2. The van der Waals surface area contributed by atoms with E-state index in [-0.39, 0.29) is 24.0 Å². The van der Waals surface area contributed by atoms with Crippen LogP contribution in [0.15, 0.2) is 41.4 Å². The Kier molecular flexibility index (Phi) is 9.23. The maximum Gasteiger partial charge on any atom is 0.194 e. The molecule has 1 aliphatic heterocycles. The summed E-state index contributed by atoms with van der Waals surface area (Å²) in [6.07, 6.45) is 0.284. The zero-order valence-electron chi connectivity index (χ0n) is 18.1. The molecule has 0 fully saturated rings. The van der Waals surface area contributed by atoms with Gasteiger partial charge < -0.3 is 24.8 Å². The Morgan fingerprint density at radius 1 is 1.13 bits per heavy atom. The summed E-state index contributed by atoms with van der Waals surface area (Å²) < 4.78 is 10.9. The van der Waals surface area contributed by atoms with E-state index in [2.05, 4.69) is 23.2 Å². The van der Waals surface area contributed by atoms with Crippen molar-refractivity contribution in [2.45, 2.75) is 32.9 Å². The number of fused-ring (bicyclic) bond motifs is 1. The summed E-state index contributed by atoms with van der Waals surface area (Å²) in [5.74, 6) is 2.32. The van der Waals surface area contributed by atoms with Crippen LogP contribution in [0.5, 0.6) is 11.5 Å². The number of rotatable bonds is 6. The Morgan fingerprint density at radius 3 is 2.37 bits per heavy atom. The third-order valence-electron chi connectivity index (χ3n) is 5.23. The number of aliphatic hydroxyl groups excluding tert-OH is 1. The van der Waals surface area contributed by atoms with Crippen LogP contribution in [0.1, 0.15) is 35.3 Å². The van der Waals surface area contributed by atoms with E-state index >= 15 is 0 Å². The van der Waals surface area contributed by atoms with E-state index in [1.807, 2.05) is 37.3 Å². The molecule has 0 radical (unpaired) electrons. The summed E-state index contributed by atoms with van der Waals surface area (Å²) >= 11 is 0. The summed E-state index contributed by atoms with van der Waals surface area (Å²) in [5, 5.41) is 13.9. The van der Waals surface area contributed by atoms with Gasteiger partial charge in [0.05, 0.1) is 26.9 Å². The Hall–Kier alpha value is -2.00. The van der Waals surface area contributed by atoms with Crippen molar-refractivity contribution in [3.8, 4) is 11.5 Å². The van der Waals surface area contributed by atoms with Gasteiger partial charge in [0.15, 0.2) is 17.5 Å². The molecule has 1 aliphatic rings. The summed E-state index contributed by atoms with van der Waals surface area (Å²) in [6.45, 7) is 6.78. The number of nitrogens with one attached hydrogen (secondary N) is 1. The van der Waals surface area contributed by atoms with Crippen LogP contribution < -0.4 is 14.8 Å². The molecule has 2 N–H and O–H groups in total. The van der Waals surface area contributed by atoms with E-state index in [9.17, 15) is 5.11 Å². The number of aryl methyl sites for hydroxylation is 1. The first kappa shape index (κ1) is 24.3. The molecule has 1 atom stereocenters. The van der Waals surface area contributed by atoms with Gasteiger partial charge in [0.1, 0.15) is 0 Å². The second kappa shape index (κ2) is 11.4. The van der Waals surface area contributed by atoms with Gasteiger partial charge in [-0.1, -0.05) is 29.8 Å². The van der Waals surface area contributed by atoms with Crippen LogP contribution in [0.2, 0.25) is 0 Å². The molecule has 7 heteroatoms. The van der Waals surface area contributed by atoms with Gasteiger partial charge in [-0.15, -0.1) is 24.0 Å². The average Bonchev–Trinajstić information content (AvgIpc) is 2.75. The minimum absolute atomic E-state index is 0. The monoisotopic (exact) mass is 525 g/mol. The van der Waals surface area contributed by atoms with Crippen LogP contribution in [0.3, 0.4) is 0 Å². The summed E-state index contributed by atoms with van der Waals surface area (Å²) in [5.41, 5.74) is 4.54. The van der Waals surface area contributed by atoms with Crippen molar-refractivity contribution >= 4 is 29.9 Å². The minimum atomic E-state index is -0.620. The van der Waals surface area contributed by atoms with Crippen molar-refractivity contribution < 1.29 is 14.6 Å². The Morgan fingerprint density at radius 2 is 1.77 bits per heavy atom. The topological polar surface area (TPSA) is 66.3 Å². The number of aliphatic hydroxyl groups is 1. The van der Waals surface area contributed by atoms with E-state index in [4.69, 9.17) is 14.5 Å². The highest BCUT2D eigenvalue weighted by atomic mass is 127. The molecule has 2 aromatic rings. The molecular formula is C23H32IN3O3. The third kappa shape index (κ3) is 5.78. The van der Waals surface area contributed by atoms with Crippen molar-refractivity contribution in [1.82, 2.24) is 10.2 Å². The van der Waals surface area contributed by atoms with Crippen molar-refractivity contribution in [3.05, 3.63) is 58.7 Å². The maximum atomic E-state index is 10.5. The Labute approximate surface area is 196 Å². The predicted molar refractivity (Wildman–Crippen MR) is 131 cm³/mol. The van der Waals surface area contributed by atoms with E-state index in [1.165, 1.54) is 16.7 Å². The van der Waals surface area contributed by atoms with Crippen molar-refractivity contribution in [2.24, 2.45) is 4.99 Å². The zero-order valence-corrected chi connectivity index (χ0v) is 20.5.